The molecule has 0 radical (unpaired) electrons. The summed E-state index contributed by atoms with van der Waals surface area (Å²) in [7, 11) is 0. The van der Waals surface area contributed by atoms with E-state index in [0.29, 0.717) is 12.3 Å². The number of hydrogen-bond acceptors (Lipinski definition) is 4. The quantitative estimate of drug-likeness (QED) is 0.586. The highest BCUT2D eigenvalue weighted by Crippen LogP contribution is 2.17. The highest BCUT2D eigenvalue weighted by molar-refractivity contribution is 5.73. The van der Waals surface area contributed by atoms with E-state index in [0.717, 1.165) is 22.9 Å². The molecule has 0 amide bonds. The van der Waals surface area contributed by atoms with Gasteiger partial charge in [-0.1, -0.05) is 6.07 Å². The number of nitro groups is 1. The molecule has 2 rings (SSSR count). The van der Waals surface area contributed by atoms with E-state index in [1.165, 1.54) is 6.08 Å². The smallest absolute Gasteiger partial charge is 0.230 e. The summed E-state index contributed by atoms with van der Waals surface area (Å²) >= 11 is 0. The fourth-order valence-electron chi connectivity index (χ4n) is 1.49. The van der Waals surface area contributed by atoms with Gasteiger partial charge in [-0.25, -0.2) is 4.98 Å². The van der Waals surface area contributed by atoms with Gasteiger partial charge >= 0.3 is 0 Å². The molecule has 0 N–H and O–H groups in total. The predicted molar refractivity (Wildman–Crippen MR) is 58.6 cm³/mol. The van der Waals surface area contributed by atoms with Crippen LogP contribution in [-0.4, -0.2) is 9.91 Å². The zero-order valence-corrected chi connectivity index (χ0v) is 8.71. The minimum atomic E-state index is -0.473. The highest BCUT2D eigenvalue weighted by atomic mass is 16.6. The van der Waals surface area contributed by atoms with E-state index in [1.54, 1.807) is 6.92 Å². The molecule has 5 heteroatoms. The van der Waals surface area contributed by atoms with Crippen molar-refractivity contribution in [3.05, 3.63) is 52.0 Å². The molecular weight excluding hydrogens is 208 g/mol. The van der Waals surface area contributed by atoms with Gasteiger partial charge in [0.2, 0.25) is 6.20 Å². The number of aromatic nitrogens is 1. The molecule has 0 aliphatic rings. The fourth-order valence-corrected chi connectivity index (χ4v) is 1.49. The lowest BCUT2D eigenvalue weighted by Gasteiger charge is -1.93. The van der Waals surface area contributed by atoms with Gasteiger partial charge in [-0.3, -0.25) is 10.1 Å². The van der Waals surface area contributed by atoms with Crippen LogP contribution in [0.25, 0.3) is 11.1 Å². The maximum absolute atomic E-state index is 10.1. The molecule has 0 aliphatic heterocycles. The van der Waals surface area contributed by atoms with Crippen molar-refractivity contribution in [2.75, 3.05) is 0 Å². The number of aryl methyl sites for hydroxylation is 1. The average Bonchev–Trinajstić information content (AvgIpc) is 2.56. The number of hydrogen-bond donors (Lipinski definition) is 0. The predicted octanol–water partition coefficient (Wildman–Crippen LogP) is 2.47. The number of allylic oxidation sites excluding steroid dienone is 1. The number of nitrogens with zero attached hydrogens (tertiary/aromatic N) is 2. The van der Waals surface area contributed by atoms with Gasteiger partial charge in [0.1, 0.15) is 5.52 Å². The van der Waals surface area contributed by atoms with Crippen LogP contribution in [0.1, 0.15) is 11.5 Å². The van der Waals surface area contributed by atoms with Crippen LogP contribution < -0.4 is 0 Å². The van der Waals surface area contributed by atoms with Crippen molar-refractivity contribution in [2.24, 2.45) is 0 Å². The normalized spacial score (nSPS) is 11.3. The summed E-state index contributed by atoms with van der Waals surface area (Å²) in [6.07, 6.45) is 2.97. The van der Waals surface area contributed by atoms with Crippen molar-refractivity contribution in [1.82, 2.24) is 4.98 Å². The average molecular weight is 218 g/mol. The Labute approximate surface area is 91.6 Å². The van der Waals surface area contributed by atoms with Crippen LogP contribution in [0.5, 0.6) is 0 Å². The topological polar surface area (TPSA) is 69.2 Å². The molecule has 82 valence electrons. The first-order chi connectivity index (χ1) is 7.65. The van der Waals surface area contributed by atoms with Crippen molar-refractivity contribution in [3.8, 4) is 0 Å². The Kier molecular flexibility index (Phi) is 2.68. The van der Waals surface area contributed by atoms with E-state index in [9.17, 15) is 10.1 Å². The first-order valence-electron chi connectivity index (χ1n) is 4.81. The molecule has 0 spiro atoms. The first-order valence-corrected chi connectivity index (χ1v) is 4.81. The van der Waals surface area contributed by atoms with Crippen LogP contribution in [0, 0.1) is 17.0 Å². The van der Waals surface area contributed by atoms with E-state index in [4.69, 9.17) is 4.42 Å². The lowest BCUT2D eigenvalue weighted by atomic mass is 10.1. The van der Waals surface area contributed by atoms with Gasteiger partial charge in [0.25, 0.3) is 0 Å². The van der Waals surface area contributed by atoms with Crippen molar-refractivity contribution in [3.63, 3.8) is 0 Å². The Bertz CT molecular complexity index is 557. The molecule has 0 unspecified atom stereocenters. The molecule has 0 saturated carbocycles. The highest BCUT2D eigenvalue weighted by Gasteiger charge is 2.02. The van der Waals surface area contributed by atoms with Gasteiger partial charge in [0.05, 0.1) is 4.92 Å². The largest absolute Gasteiger partial charge is 0.441 e. The molecule has 1 heterocycles. The molecule has 0 bridgehead atoms. The van der Waals surface area contributed by atoms with Crippen molar-refractivity contribution in [1.29, 1.82) is 0 Å². The molecule has 16 heavy (non-hydrogen) atoms. The zero-order chi connectivity index (χ0) is 11.5. The Morgan fingerprint density at radius 2 is 2.38 bits per heavy atom. The van der Waals surface area contributed by atoms with Gasteiger partial charge in [0, 0.05) is 6.92 Å². The number of oxazole rings is 1. The number of fused-ring (bicyclic) bond motifs is 1. The van der Waals surface area contributed by atoms with E-state index in [2.05, 4.69) is 4.98 Å². The van der Waals surface area contributed by atoms with Gasteiger partial charge in [0.15, 0.2) is 11.5 Å². The summed E-state index contributed by atoms with van der Waals surface area (Å²) in [5.41, 5.74) is 2.49. The third-order valence-corrected chi connectivity index (χ3v) is 2.14. The molecular formula is C11H10N2O3. The van der Waals surface area contributed by atoms with Crippen molar-refractivity contribution < 1.29 is 9.34 Å². The minimum absolute atomic E-state index is 0.473. The third-order valence-electron chi connectivity index (χ3n) is 2.14. The Morgan fingerprint density at radius 1 is 1.56 bits per heavy atom. The van der Waals surface area contributed by atoms with E-state index in [-0.39, 0.29) is 0 Å². The van der Waals surface area contributed by atoms with E-state index >= 15 is 0 Å². The van der Waals surface area contributed by atoms with Crippen LogP contribution in [0.2, 0.25) is 0 Å². The number of benzene rings is 1. The standard InChI is InChI=1S/C11H10N2O3/c1-8-12-10-7-9(3-2-6-13(14)15)4-5-11(10)16-8/h2,4-7H,3H2,1H3. The third kappa shape index (κ3) is 2.25. The van der Waals surface area contributed by atoms with Crippen molar-refractivity contribution >= 4 is 11.1 Å². The molecule has 1 aromatic carbocycles. The summed E-state index contributed by atoms with van der Waals surface area (Å²) < 4.78 is 5.33. The summed E-state index contributed by atoms with van der Waals surface area (Å²) in [5.74, 6) is 0.619. The SMILES string of the molecule is Cc1nc2cc(CC=C[N+](=O)[O-])ccc2o1. The Hall–Kier alpha value is -2.17. The van der Waals surface area contributed by atoms with Gasteiger partial charge in [-0.15, -0.1) is 0 Å². The van der Waals surface area contributed by atoms with Crippen LogP contribution in [0.15, 0.2) is 34.9 Å². The van der Waals surface area contributed by atoms with Crippen LogP contribution in [-0.2, 0) is 6.42 Å². The molecule has 2 aromatic rings. The van der Waals surface area contributed by atoms with Gasteiger partial charge in [-0.2, -0.15) is 0 Å². The lowest BCUT2D eigenvalue weighted by molar-refractivity contribution is -0.402. The van der Waals surface area contributed by atoms with Gasteiger partial charge in [-0.05, 0) is 30.2 Å². The monoisotopic (exact) mass is 218 g/mol. The van der Waals surface area contributed by atoms with Crippen LogP contribution in [0.3, 0.4) is 0 Å². The Balaban J connectivity index is 2.22. The van der Waals surface area contributed by atoms with E-state index in [1.807, 2.05) is 18.2 Å². The van der Waals surface area contributed by atoms with Crippen LogP contribution >= 0.6 is 0 Å². The Morgan fingerprint density at radius 3 is 3.12 bits per heavy atom. The van der Waals surface area contributed by atoms with Gasteiger partial charge < -0.3 is 4.42 Å². The summed E-state index contributed by atoms with van der Waals surface area (Å²) in [5, 5.41) is 10.1. The lowest BCUT2D eigenvalue weighted by Crippen LogP contribution is -1.85. The second-order valence-corrected chi connectivity index (χ2v) is 3.41. The fraction of sp³-hybridized carbons (Fsp3) is 0.182. The molecule has 1 aromatic heterocycles. The molecule has 0 aliphatic carbocycles. The summed E-state index contributed by atoms with van der Waals surface area (Å²) in [6.45, 7) is 1.78. The number of rotatable bonds is 3. The second kappa shape index (κ2) is 4.14. The first kappa shape index (κ1) is 10.4. The second-order valence-electron chi connectivity index (χ2n) is 3.41. The maximum atomic E-state index is 10.1. The maximum Gasteiger partial charge on any atom is 0.230 e. The molecule has 0 atom stereocenters. The molecule has 5 nitrogen and oxygen atoms in total. The molecule has 0 saturated heterocycles. The summed E-state index contributed by atoms with van der Waals surface area (Å²) in [6, 6.07) is 5.57. The summed E-state index contributed by atoms with van der Waals surface area (Å²) in [4.78, 5) is 13.8. The van der Waals surface area contributed by atoms with Crippen molar-refractivity contribution in [2.45, 2.75) is 13.3 Å². The zero-order valence-electron chi connectivity index (χ0n) is 8.71. The van der Waals surface area contributed by atoms with E-state index < -0.39 is 4.92 Å². The minimum Gasteiger partial charge on any atom is -0.441 e. The van der Waals surface area contributed by atoms with Crippen LogP contribution in [0.4, 0.5) is 0 Å². The molecule has 0 fully saturated rings.